The highest BCUT2D eigenvalue weighted by molar-refractivity contribution is 5.95. The van der Waals surface area contributed by atoms with E-state index < -0.39 is 5.92 Å². The van der Waals surface area contributed by atoms with Gasteiger partial charge in [0.25, 0.3) is 0 Å². The molecule has 0 aliphatic rings. The number of hydrogen-bond donors (Lipinski definition) is 1. The molecule has 1 rings (SSSR count). The monoisotopic (exact) mass is 258 g/mol. The van der Waals surface area contributed by atoms with E-state index >= 15 is 0 Å². The minimum absolute atomic E-state index is 0.0107. The SMILES string of the molecule is Cc1cccc(C(C)C)c1NC(=O)C(C#N)C(C)C. The Hall–Kier alpha value is -1.82. The quantitative estimate of drug-likeness (QED) is 0.891. The first-order valence-electron chi connectivity index (χ1n) is 6.68. The molecule has 102 valence electrons. The number of aryl methyl sites for hydroxylation is 1. The zero-order valence-corrected chi connectivity index (χ0v) is 12.3. The van der Waals surface area contributed by atoms with Gasteiger partial charge < -0.3 is 5.32 Å². The first-order valence-corrected chi connectivity index (χ1v) is 6.68. The molecule has 0 saturated heterocycles. The third-order valence-corrected chi connectivity index (χ3v) is 3.26. The highest BCUT2D eigenvalue weighted by Crippen LogP contribution is 2.28. The van der Waals surface area contributed by atoms with E-state index in [-0.39, 0.29) is 11.8 Å². The first kappa shape index (κ1) is 15.2. The third kappa shape index (κ3) is 3.57. The molecule has 0 spiro atoms. The van der Waals surface area contributed by atoms with Crippen molar-refractivity contribution in [2.45, 2.75) is 40.5 Å². The molecule has 1 atom stereocenters. The van der Waals surface area contributed by atoms with E-state index in [1.165, 1.54) is 0 Å². The zero-order valence-electron chi connectivity index (χ0n) is 12.3. The van der Waals surface area contributed by atoms with Crippen molar-refractivity contribution in [3.63, 3.8) is 0 Å². The highest BCUT2D eigenvalue weighted by atomic mass is 16.1. The van der Waals surface area contributed by atoms with Crippen molar-refractivity contribution in [1.29, 1.82) is 5.26 Å². The summed E-state index contributed by atoms with van der Waals surface area (Å²) in [6.45, 7) is 9.92. The number of amides is 1. The molecule has 0 radical (unpaired) electrons. The van der Waals surface area contributed by atoms with Crippen molar-refractivity contribution in [3.05, 3.63) is 29.3 Å². The molecule has 0 bridgehead atoms. The maximum Gasteiger partial charge on any atom is 0.242 e. The van der Waals surface area contributed by atoms with Crippen LogP contribution in [0.15, 0.2) is 18.2 Å². The third-order valence-electron chi connectivity index (χ3n) is 3.26. The van der Waals surface area contributed by atoms with Crippen LogP contribution in [0.1, 0.15) is 44.7 Å². The van der Waals surface area contributed by atoms with E-state index in [0.29, 0.717) is 5.92 Å². The van der Waals surface area contributed by atoms with Crippen molar-refractivity contribution < 1.29 is 4.79 Å². The van der Waals surface area contributed by atoms with Crippen LogP contribution in [0.4, 0.5) is 5.69 Å². The summed E-state index contributed by atoms with van der Waals surface area (Å²) in [6, 6.07) is 8.06. The summed E-state index contributed by atoms with van der Waals surface area (Å²) in [7, 11) is 0. The van der Waals surface area contributed by atoms with Gasteiger partial charge in [0.15, 0.2) is 0 Å². The van der Waals surface area contributed by atoms with Crippen molar-refractivity contribution in [1.82, 2.24) is 0 Å². The first-order chi connectivity index (χ1) is 8.88. The minimum Gasteiger partial charge on any atom is -0.324 e. The molecule has 0 aromatic heterocycles. The predicted octanol–water partition coefficient (Wildman–Crippen LogP) is 3.85. The Morgan fingerprint density at radius 1 is 1.26 bits per heavy atom. The number of rotatable bonds is 4. The van der Waals surface area contributed by atoms with Crippen LogP contribution in [-0.2, 0) is 4.79 Å². The number of para-hydroxylation sites is 1. The summed E-state index contributed by atoms with van der Waals surface area (Å²) in [5.74, 6) is -0.486. The smallest absolute Gasteiger partial charge is 0.242 e. The van der Waals surface area contributed by atoms with E-state index in [1.54, 1.807) is 0 Å². The maximum atomic E-state index is 12.2. The van der Waals surface area contributed by atoms with Crippen LogP contribution in [0, 0.1) is 30.1 Å². The molecular formula is C16H22N2O. The number of carbonyl (C=O) groups is 1. The van der Waals surface area contributed by atoms with Crippen molar-refractivity contribution >= 4 is 11.6 Å². The van der Waals surface area contributed by atoms with Crippen molar-refractivity contribution in [2.75, 3.05) is 5.32 Å². The Morgan fingerprint density at radius 3 is 2.37 bits per heavy atom. The van der Waals surface area contributed by atoms with Crippen LogP contribution in [0.2, 0.25) is 0 Å². The van der Waals surface area contributed by atoms with Crippen LogP contribution < -0.4 is 5.32 Å². The van der Waals surface area contributed by atoms with E-state index in [0.717, 1.165) is 16.8 Å². The van der Waals surface area contributed by atoms with Gasteiger partial charge in [-0.25, -0.2) is 0 Å². The van der Waals surface area contributed by atoms with Crippen molar-refractivity contribution in [2.24, 2.45) is 11.8 Å². The lowest BCUT2D eigenvalue weighted by atomic mass is 9.94. The molecule has 0 aliphatic carbocycles. The lowest BCUT2D eigenvalue weighted by molar-refractivity contribution is -0.119. The Kier molecular flexibility index (Phi) is 5.11. The van der Waals surface area contributed by atoms with Crippen LogP contribution in [0.25, 0.3) is 0 Å². The van der Waals surface area contributed by atoms with Gasteiger partial charge >= 0.3 is 0 Å². The molecule has 3 heteroatoms. The fourth-order valence-corrected chi connectivity index (χ4v) is 2.05. The van der Waals surface area contributed by atoms with Gasteiger partial charge in [0.2, 0.25) is 5.91 Å². The van der Waals surface area contributed by atoms with Gasteiger partial charge in [0, 0.05) is 5.69 Å². The van der Waals surface area contributed by atoms with Crippen LogP contribution >= 0.6 is 0 Å². The topological polar surface area (TPSA) is 52.9 Å². The molecule has 1 aromatic rings. The number of nitrogens with zero attached hydrogens (tertiary/aromatic N) is 1. The van der Waals surface area contributed by atoms with Crippen LogP contribution in [0.3, 0.4) is 0 Å². The number of nitrogens with one attached hydrogen (secondary N) is 1. The second-order valence-electron chi connectivity index (χ2n) is 5.53. The van der Waals surface area contributed by atoms with Gasteiger partial charge in [-0.2, -0.15) is 5.26 Å². The van der Waals surface area contributed by atoms with Gasteiger partial charge in [-0.3, -0.25) is 4.79 Å². The fourth-order valence-electron chi connectivity index (χ4n) is 2.05. The summed E-state index contributed by atoms with van der Waals surface area (Å²) in [5.41, 5.74) is 2.98. The summed E-state index contributed by atoms with van der Waals surface area (Å²) in [5, 5.41) is 12.0. The molecule has 0 heterocycles. The average molecular weight is 258 g/mol. The highest BCUT2D eigenvalue weighted by Gasteiger charge is 2.23. The number of nitriles is 1. The minimum atomic E-state index is -0.611. The molecule has 1 unspecified atom stereocenters. The summed E-state index contributed by atoms with van der Waals surface area (Å²) in [4.78, 5) is 12.2. The summed E-state index contributed by atoms with van der Waals surface area (Å²) in [6.07, 6.45) is 0. The van der Waals surface area contributed by atoms with E-state index in [9.17, 15) is 4.79 Å². The van der Waals surface area contributed by atoms with Gasteiger partial charge in [-0.15, -0.1) is 0 Å². The van der Waals surface area contributed by atoms with Gasteiger partial charge in [0.05, 0.1) is 6.07 Å². The van der Waals surface area contributed by atoms with Crippen molar-refractivity contribution in [3.8, 4) is 6.07 Å². The zero-order chi connectivity index (χ0) is 14.6. The second kappa shape index (κ2) is 6.38. The number of hydrogen-bond acceptors (Lipinski definition) is 2. The molecule has 1 aromatic carbocycles. The molecule has 0 aliphatic heterocycles. The lowest BCUT2D eigenvalue weighted by Gasteiger charge is -2.19. The number of benzene rings is 1. The van der Waals surface area contributed by atoms with E-state index in [2.05, 4.69) is 25.2 Å². The van der Waals surface area contributed by atoms with Gasteiger partial charge in [-0.1, -0.05) is 45.9 Å². The lowest BCUT2D eigenvalue weighted by Crippen LogP contribution is -2.26. The molecule has 1 amide bonds. The standard InChI is InChI=1S/C16H22N2O/c1-10(2)13-8-6-7-12(5)15(13)18-16(19)14(9-17)11(3)4/h6-8,10-11,14H,1-5H3,(H,18,19). The predicted molar refractivity (Wildman–Crippen MR) is 77.8 cm³/mol. The fraction of sp³-hybridized carbons (Fsp3) is 0.500. The van der Waals surface area contributed by atoms with Crippen LogP contribution in [-0.4, -0.2) is 5.91 Å². The maximum absolute atomic E-state index is 12.2. The van der Waals surface area contributed by atoms with Crippen LogP contribution in [0.5, 0.6) is 0 Å². The normalized spacial score (nSPS) is 12.3. The molecular weight excluding hydrogens is 236 g/mol. The van der Waals surface area contributed by atoms with E-state index in [4.69, 9.17) is 5.26 Å². The van der Waals surface area contributed by atoms with Gasteiger partial charge in [0.1, 0.15) is 5.92 Å². The van der Waals surface area contributed by atoms with Gasteiger partial charge in [-0.05, 0) is 29.9 Å². The Balaban J connectivity index is 3.06. The Labute approximate surface area is 115 Å². The molecule has 0 fully saturated rings. The number of carbonyl (C=O) groups excluding carboxylic acids is 1. The Bertz CT molecular complexity index is 498. The molecule has 19 heavy (non-hydrogen) atoms. The molecule has 0 saturated carbocycles. The summed E-state index contributed by atoms with van der Waals surface area (Å²) >= 11 is 0. The molecule has 3 nitrogen and oxygen atoms in total. The molecule has 1 N–H and O–H groups in total. The largest absolute Gasteiger partial charge is 0.324 e. The van der Waals surface area contributed by atoms with E-state index in [1.807, 2.05) is 39.0 Å². The average Bonchev–Trinajstić information content (AvgIpc) is 2.31. The second-order valence-corrected chi connectivity index (χ2v) is 5.53. The summed E-state index contributed by atoms with van der Waals surface area (Å²) < 4.78 is 0. The number of anilines is 1. The Morgan fingerprint density at radius 2 is 1.89 bits per heavy atom.